The van der Waals surface area contributed by atoms with Gasteiger partial charge in [-0.1, -0.05) is 18.2 Å². The molecule has 0 bridgehead atoms. The van der Waals surface area contributed by atoms with Crippen LogP contribution in [-0.4, -0.2) is 25.1 Å². The van der Waals surface area contributed by atoms with E-state index in [0.29, 0.717) is 0 Å². The third-order valence-electron chi connectivity index (χ3n) is 4.38. The highest BCUT2D eigenvalue weighted by Gasteiger charge is 2.08. The van der Waals surface area contributed by atoms with Gasteiger partial charge in [0.25, 0.3) is 0 Å². The highest BCUT2D eigenvalue weighted by molar-refractivity contribution is 5.94. The van der Waals surface area contributed by atoms with E-state index in [9.17, 15) is 0 Å². The normalized spacial score (nSPS) is 11.2. The molecule has 0 saturated carbocycles. The van der Waals surface area contributed by atoms with Crippen molar-refractivity contribution in [3.8, 4) is 11.3 Å². The van der Waals surface area contributed by atoms with Crippen molar-refractivity contribution in [2.45, 2.75) is 6.42 Å². The SMILES string of the molecule is CNCCCNc1cc(-c2ccc3occc3c2)nc2ccccc12. The molecular formula is C21H21N3O. The highest BCUT2D eigenvalue weighted by Crippen LogP contribution is 2.30. The van der Waals surface area contributed by atoms with E-state index in [4.69, 9.17) is 9.40 Å². The summed E-state index contributed by atoms with van der Waals surface area (Å²) in [5.74, 6) is 0. The van der Waals surface area contributed by atoms with Crippen molar-refractivity contribution in [3.63, 3.8) is 0 Å². The number of nitrogens with zero attached hydrogens (tertiary/aromatic N) is 1. The first-order chi connectivity index (χ1) is 12.3. The molecule has 4 rings (SSSR count). The van der Waals surface area contributed by atoms with Crippen LogP contribution in [0.1, 0.15) is 6.42 Å². The van der Waals surface area contributed by atoms with Gasteiger partial charge in [-0.15, -0.1) is 0 Å². The van der Waals surface area contributed by atoms with Crippen LogP contribution in [0.4, 0.5) is 5.69 Å². The zero-order valence-electron chi connectivity index (χ0n) is 14.3. The summed E-state index contributed by atoms with van der Waals surface area (Å²) in [6, 6.07) is 18.6. The molecule has 0 aliphatic heterocycles. The topological polar surface area (TPSA) is 50.1 Å². The third kappa shape index (κ3) is 3.21. The Labute approximate surface area is 146 Å². The van der Waals surface area contributed by atoms with Gasteiger partial charge in [0.2, 0.25) is 0 Å². The maximum Gasteiger partial charge on any atom is 0.133 e. The van der Waals surface area contributed by atoms with Crippen LogP contribution in [0.15, 0.2) is 65.3 Å². The summed E-state index contributed by atoms with van der Waals surface area (Å²) < 4.78 is 5.44. The van der Waals surface area contributed by atoms with Gasteiger partial charge in [0.05, 0.1) is 17.5 Å². The van der Waals surface area contributed by atoms with E-state index in [1.165, 1.54) is 0 Å². The highest BCUT2D eigenvalue weighted by atomic mass is 16.3. The Hall–Kier alpha value is -2.85. The Morgan fingerprint density at radius 1 is 1.00 bits per heavy atom. The Balaban J connectivity index is 1.75. The lowest BCUT2D eigenvalue weighted by Gasteiger charge is -2.12. The molecule has 2 aromatic heterocycles. The summed E-state index contributed by atoms with van der Waals surface area (Å²) in [6.45, 7) is 1.93. The number of rotatable bonds is 6. The quantitative estimate of drug-likeness (QED) is 0.504. The van der Waals surface area contributed by atoms with Crippen molar-refractivity contribution in [2.24, 2.45) is 0 Å². The van der Waals surface area contributed by atoms with E-state index in [1.807, 2.05) is 25.2 Å². The van der Waals surface area contributed by atoms with Crippen molar-refractivity contribution in [1.29, 1.82) is 0 Å². The maximum absolute atomic E-state index is 5.44. The van der Waals surface area contributed by atoms with Crippen molar-refractivity contribution >= 4 is 27.6 Å². The van der Waals surface area contributed by atoms with Gasteiger partial charge >= 0.3 is 0 Å². The second-order valence-electron chi connectivity index (χ2n) is 6.13. The number of pyridine rings is 1. The fraction of sp³-hybridized carbons (Fsp3) is 0.190. The van der Waals surface area contributed by atoms with Crippen LogP contribution in [0.3, 0.4) is 0 Å². The molecule has 25 heavy (non-hydrogen) atoms. The second-order valence-corrected chi connectivity index (χ2v) is 6.13. The number of para-hydroxylation sites is 1. The van der Waals surface area contributed by atoms with Gasteiger partial charge < -0.3 is 15.1 Å². The first kappa shape index (κ1) is 15.7. The number of hydrogen-bond donors (Lipinski definition) is 2. The average molecular weight is 331 g/mol. The smallest absolute Gasteiger partial charge is 0.133 e. The van der Waals surface area contributed by atoms with Crippen LogP contribution >= 0.6 is 0 Å². The van der Waals surface area contributed by atoms with Gasteiger partial charge in [-0.25, -0.2) is 4.98 Å². The van der Waals surface area contributed by atoms with Crippen LogP contribution in [0, 0.1) is 0 Å². The van der Waals surface area contributed by atoms with Crippen molar-refractivity contribution in [1.82, 2.24) is 10.3 Å². The molecule has 0 fully saturated rings. The number of furan rings is 1. The molecule has 0 radical (unpaired) electrons. The number of nitrogens with one attached hydrogen (secondary N) is 2. The Morgan fingerprint density at radius 2 is 1.92 bits per heavy atom. The lowest BCUT2D eigenvalue weighted by molar-refractivity contribution is 0.616. The lowest BCUT2D eigenvalue weighted by Crippen LogP contribution is -2.13. The van der Waals surface area contributed by atoms with Gasteiger partial charge in [0, 0.05) is 28.6 Å². The lowest BCUT2D eigenvalue weighted by atomic mass is 10.1. The minimum absolute atomic E-state index is 0.898. The zero-order chi connectivity index (χ0) is 17.1. The molecule has 2 aromatic carbocycles. The summed E-state index contributed by atoms with van der Waals surface area (Å²) in [5.41, 5.74) is 5.10. The molecule has 0 unspecified atom stereocenters. The molecule has 0 aliphatic carbocycles. The van der Waals surface area contributed by atoms with Gasteiger partial charge in [-0.05, 0) is 56.4 Å². The van der Waals surface area contributed by atoms with Crippen LogP contribution in [0.25, 0.3) is 33.1 Å². The number of hydrogen-bond acceptors (Lipinski definition) is 4. The van der Waals surface area contributed by atoms with Crippen LogP contribution in [0.5, 0.6) is 0 Å². The third-order valence-corrected chi connectivity index (χ3v) is 4.38. The van der Waals surface area contributed by atoms with Crippen LogP contribution in [-0.2, 0) is 0 Å². The molecule has 0 amide bonds. The Kier molecular flexibility index (Phi) is 4.36. The van der Waals surface area contributed by atoms with Crippen molar-refractivity contribution < 1.29 is 4.42 Å². The van der Waals surface area contributed by atoms with Crippen molar-refractivity contribution in [2.75, 3.05) is 25.5 Å². The first-order valence-corrected chi connectivity index (χ1v) is 8.61. The Morgan fingerprint density at radius 3 is 2.84 bits per heavy atom. The van der Waals surface area contributed by atoms with Gasteiger partial charge in [0.15, 0.2) is 0 Å². The van der Waals surface area contributed by atoms with Crippen molar-refractivity contribution in [3.05, 3.63) is 60.9 Å². The zero-order valence-corrected chi connectivity index (χ0v) is 14.3. The summed E-state index contributed by atoms with van der Waals surface area (Å²) in [6.07, 6.45) is 2.79. The standard InChI is InChI=1S/C21H21N3O/c1-22-10-4-11-23-20-14-19(24-18-6-3-2-5-17(18)20)15-7-8-21-16(13-15)9-12-25-21/h2-3,5-9,12-14,22H,4,10-11H2,1H3,(H,23,24). The molecule has 0 aliphatic rings. The molecule has 0 atom stereocenters. The number of anilines is 1. The van der Waals surface area contributed by atoms with E-state index in [1.54, 1.807) is 6.26 Å². The maximum atomic E-state index is 5.44. The molecule has 4 heteroatoms. The molecule has 4 nitrogen and oxygen atoms in total. The Bertz CT molecular complexity index is 1010. The molecule has 0 spiro atoms. The van der Waals surface area contributed by atoms with E-state index >= 15 is 0 Å². The molecular weight excluding hydrogens is 310 g/mol. The van der Waals surface area contributed by atoms with E-state index in [-0.39, 0.29) is 0 Å². The second kappa shape index (κ2) is 6.95. The summed E-state index contributed by atoms with van der Waals surface area (Å²) >= 11 is 0. The number of benzene rings is 2. The monoisotopic (exact) mass is 331 g/mol. The number of aromatic nitrogens is 1. The number of fused-ring (bicyclic) bond motifs is 2. The molecule has 2 heterocycles. The van der Waals surface area contributed by atoms with Crippen LogP contribution in [0.2, 0.25) is 0 Å². The molecule has 126 valence electrons. The largest absolute Gasteiger partial charge is 0.464 e. The van der Waals surface area contributed by atoms with Gasteiger partial charge in [-0.3, -0.25) is 0 Å². The van der Waals surface area contributed by atoms with E-state index in [0.717, 1.165) is 58.3 Å². The minimum atomic E-state index is 0.898. The fourth-order valence-corrected chi connectivity index (χ4v) is 3.08. The van der Waals surface area contributed by atoms with E-state index < -0.39 is 0 Å². The summed E-state index contributed by atoms with van der Waals surface area (Å²) in [4.78, 5) is 4.86. The first-order valence-electron chi connectivity index (χ1n) is 8.61. The van der Waals surface area contributed by atoms with Gasteiger partial charge in [0.1, 0.15) is 5.58 Å². The predicted octanol–water partition coefficient (Wildman–Crippen LogP) is 4.67. The molecule has 4 aromatic rings. The summed E-state index contributed by atoms with van der Waals surface area (Å²) in [5, 5.41) is 8.99. The fourth-order valence-electron chi connectivity index (χ4n) is 3.08. The van der Waals surface area contributed by atoms with Gasteiger partial charge in [-0.2, -0.15) is 0 Å². The molecule has 2 N–H and O–H groups in total. The average Bonchev–Trinajstić information content (AvgIpc) is 3.12. The summed E-state index contributed by atoms with van der Waals surface area (Å²) in [7, 11) is 1.98. The molecule has 0 saturated heterocycles. The van der Waals surface area contributed by atoms with E-state index in [2.05, 4.69) is 47.0 Å². The van der Waals surface area contributed by atoms with Crippen LogP contribution < -0.4 is 10.6 Å². The minimum Gasteiger partial charge on any atom is -0.464 e. The predicted molar refractivity (Wildman–Crippen MR) is 104 cm³/mol.